The molecule has 0 heterocycles. The van der Waals surface area contributed by atoms with Crippen LogP contribution in [-0.4, -0.2) is 23.7 Å². The first-order valence-corrected chi connectivity index (χ1v) is 9.20. The van der Waals surface area contributed by atoms with Crippen molar-refractivity contribution in [3.63, 3.8) is 0 Å². The van der Waals surface area contributed by atoms with Crippen molar-refractivity contribution in [2.45, 2.75) is 52.4 Å². The fourth-order valence-corrected chi connectivity index (χ4v) is 2.73. The summed E-state index contributed by atoms with van der Waals surface area (Å²) in [6.45, 7) is 12.4. The van der Waals surface area contributed by atoms with E-state index in [1.165, 1.54) is 17.7 Å². The Labute approximate surface area is 166 Å². The van der Waals surface area contributed by atoms with Crippen molar-refractivity contribution in [2.75, 3.05) is 6.61 Å². The van der Waals surface area contributed by atoms with Crippen LogP contribution in [0.1, 0.15) is 63.0 Å². The minimum absolute atomic E-state index is 0.00198. The monoisotopic (exact) mass is 384 g/mol. The lowest BCUT2D eigenvalue weighted by atomic mass is 9.80. The van der Waals surface area contributed by atoms with Crippen molar-refractivity contribution in [2.24, 2.45) is 0 Å². The average Bonchev–Trinajstić information content (AvgIpc) is 2.58. The molecule has 0 saturated heterocycles. The van der Waals surface area contributed by atoms with Gasteiger partial charge >= 0.3 is 11.9 Å². The molecule has 0 radical (unpaired) electrons. The second-order valence-electron chi connectivity index (χ2n) is 8.77. The molecule has 0 aliphatic rings. The van der Waals surface area contributed by atoms with E-state index in [0.717, 1.165) is 5.56 Å². The first-order valence-electron chi connectivity index (χ1n) is 9.20. The number of carbonyl (C=O) groups is 2. The van der Waals surface area contributed by atoms with E-state index in [1.807, 2.05) is 12.1 Å². The Balaban J connectivity index is 2.18. The molecular formula is C23H28O5. The Morgan fingerprint density at radius 1 is 0.893 bits per heavy atom. The van der Waals surface area contributed by atoms with Gasteiger partial charge in [0, 0.05) is 0 Å². The SMILES string of the molecule is CC(C)(C)c1ccc(OCC(=O)Oc2ccccc2C(=O)O)c(C(C)(C)C)c1. The number of carboxylic acid groups (broad SMARTS) is 1. The molecule has 0 bridgehead atoms. The number of hydrogen-bond donors (Lipinski definition) is 1. The number of rotatable bonds is 5. The molecule has 28 heavy (non-hydrogen) atoms. The quantitative estimate of drug-likeness (QED) is 0.582. The van der Waals surface area contributed by atoms with Crippen LogP contribution in [0.2, 0.25) is 0 Å². The van der Waals surface area contributed by atoms with Crippen LogP contribution in [0.15, 0.2) is 42.5 Å². The van der Waals surface area contributed by atoms with Crippen molar-refractivity contribution < 1.29 is 24.2 Å². The first-order chi connectivity index (χ1) is 12.9. The summed E-state index contributed by atoms with van der Waals surface area (Å²) in [6, 6.07) is 12.0. The van der Waals surface area contributed by atoms with Gasteiger partial charge in [-0.1, -0.05) is 65.8 Å². The number of ether oxygens (including phenoxy) is 2. The molecule has 2 aromatic rings. The van der Waals surface area contributed by atoms with E-state index < -0.39 is 11.9 Å². The minimum atomic E-state index is -1.16. The highest BCUT2D eigenvalue weighted by Gasteiger charge is 2.24. The third-order valence-electron chi connectivity index (χ3n) is 4.34. The summed E-state index contributed by atoms with van der Waals surface area (Å²) in [5.41, 5.74) is 1.94. The van der Waals surface area contributed by atoms with E-state index in [-0.39, 0.29) is 28.7 Å². The van der Waals surface area contributed by atoms with Gasteiger partial charge in [0.2, 0.25) is 0 Å². The lowest BCUT2D eigenvalue weighted by molar-refractivity contribution is -0.136. The summed E-state index contributed by atoms with van der Waals surface area (Å²) in [5.74, 6) is -1.20. The Kier molecular flexibility index (Phi) is 6.17. The van der Waals surface area contributed by atoms with Crippen molar-refractivity contribution in [3.8, 4) is 11.5 Å². The molecule has 0 aliphatic heterocycles. The lowest BCUT2D eigenvalue weighted by Crippen LogP contribution is -2.22. The van der Waals surface area contributed by atoms with Crippen LogP contribution >= 0.6 is 0 Å². The first kappa shape index (κ1) is 21.5. The molecule has 0 amide bonds. The number of hydrogen-bond acceptors (Lipinski definition) is 4. The van der Waals surface area contributed by atoms with Crippen molar-refractivity contribution >= 4 is 11.9 Å². The highest BCUT2D eigenvalue weighted by Crippen LogP contribution is 2.35. The van der Waals surface area contributed by atoms with E-state index in [4.69, 9.17) is 9.47 Å². The summed E-state index contributed by atoms with van der Waals surface area (Å²) in [5, 5.41) is 9.18. The maximum Gasteiger partial charge on any atom is 0.349 e. The molecule has 150 valence electrons. The second-order valence-corrected chi connectivity index (χ2v) is 8.77. The van der Waals surface area contributed by atoms with Crippen molar-refractivity contribution in [1.82, 2.24) is 0 Å². The van der Waals surface area contributed by atoms with Gasteiger partial charge in [0.25, 0.3) is 0 Å². The molecule has 2 rings (SSSR count). The molecule has 0 saturated carbocycles. The maximum atomic E-state index is 12.2. The van der Waals surface area contributed by atoms with Gasteiger partial charge in [0.05, 0.1) is 0 Å². The van der Waals surface area contributed by atoms with Crippen molar-refractivity contribution in [1.29, 1.82) is 0 Å². The number of benzene rings is 2. The molecule has 0 spiro atoms. The highest BCUT2D eigenvalue weighted by atomic mass is 16.6. The normalized spacial score (nSPS) is 11.8. The smallest absolute Gasteiger partial charge is 0.349 e. The van der Waals surface area contributed by atoms with Gasteiger partial charge in [0.1, 0.15) is 17.1 Å². The Morgan fingerprint density at radius 2 is 1.54 bits per heavy atom. The largest absolute Gasteiger partial charge is 0.482 e. The molecule has 0 fully saturated rings. The van der Waals surface area contributed by atoms with E-state index in [9.17, 15) is 14.7 Å². The van der Waals surface area contributed by atoms with E-state index in [2.05, 4.69) is 47.6 Å². The van der Waals surface area contributed by atoms with Gasteiger partial charge in [-0.15, -0.1) is 0 Å². The maximum absolute atomic E-state index is 12.2. The van der Waals surface area contributed by atoms with E-state index in [1.54, 1.807) is 12.1 Å². The number of esters is 1. The van der Waals surface area contributed by atoms with Crippen LogP contribution in [0.25, 0.3) is 0 Å². The Morgan fingerprint density at radius 3 is 2.11 bits per heavy atom. The third-order valence-corrected chi connectivity index (χ3v) is 4.34. The fraction of sp³-hybridized carbons (Fsp3) is 0.391. The summed E-state index contributed by atoms with van der Waals surface area (Å²) in [7, 11) is 0. The van der Waals surface area contributed by atoms with Gasteiger partial charge in [-0.2, -0.15) is 0 Å². The zero-order chi connectivity index (χ0) is 21.1. The fourth-order valence-electron chi connectivity index (χ4n) is 2.73. The van der Waals surface area contributed by atoms with Crippen LogP contribution in [0.4, 0.5) is 0 Å². The Hall–Kier alpha value is -2.82. The van der Waals surface area contributed by atoms with Crippen LogP contribution in [-0.2, 0) is 15.6 Å². The van der Waals surface area contributed by atoms with Crippen LogP contribution in [0.5, 0.6) is 11.5 Å². The molecule has 5 nitrogen and oxygen atoms in total. The zero-order valence-electron chi connectivity index (χ0n) is 17.3. The standard InChI is InChI=1S/C23H28O5/c1-22(2,3)15-11-12-19(17(13-15)23(4,5)6)27-14-20(24)28-18-10-8-7-9-16(18)21(25)26/h7-13H,14H2,1-6H3,(H,25,26). The summed E-state index contributed by atoms with van der Waals surface area (Å²) < 4.78 is 10.9. The predicted octanol–water partition coefficient (Wildman–Crippen LogP) is 4.96. The molecular weight excluding hydrogens is 356 g/mol. The van der Waals surface area contributed by atoms with Gasteiger partial charge < -0.3 is 14.6 Å². The van der Waals surface area contributed by atoms with E-state index in [0.29, 0.717) is 5.75 Å². The molecule has 1 N–H and O–H groups in total. The molecule has 0 aliphatic carbocycles. The molecule has 0 aromatic heterocycles. The van der Waals surface area contributed by atoms with Crippen molar-refractivity contribution in [3.05, 3.63) is 59.2 Å². The number of para-hydroxylation sites is 1. The second kappa shape index (κ2) is 8.05. The van der Waals surface area contributed by atoms with Crippen LogP contribution in [0.3, 0.4) is 0 Å². The molecule has 2 aromatic carbocycles. The molecule has 0 atom stereocenters. The topological polar surface area (TPSA) is 72.8 Å². The third kappa shape index (κ3) is 5.35. The molecule has 0 unspecified atom stereocenters. The summed E-state index contributed by atoms with van der Waals surface area (Å²) in [6.07, 6.45) is 0. The van der Waals surface area contributed by atoms with Gasteiger partial charge in [-0.3, -0.25) is 0 Å². The number of carbonyl (C=O) groups excluding carboxylic acids is 1. The summed E-state index contributed by atoms with van der Waals surface area (Å²) >= 11 is 0. The average molecular weight is 384 g/mol. The number of carboxylic acids is 1. The lowest BCUT2D eigenvalue weighted by Gasteiger charge is -2.27. The predicted molar refractivity (Wildman–Crippen MR) is 108 cm³/mol. The summed E-state index contributed by atoms with van der Waals surface area (Å²) in [4.78, 5) is 23.4. The van der Waals surface area contributed by atoms with Gasteiger partial charge in [0.15, 0.2) is 6.61 Å². The zero-order valence-corrected chi connectivity index (χ0v) is 17.3. The van der Waals surface area contributed by atoms with Crippen LogP contribution in [0, 0.1) is 0 Å². The molecule has 5 heteroatoms. The highest BCUT2D eigenvalue weighted by molar-refractivity contribution is 5.92. The van der Waals surface area contributed by atoms with Gasteiger partial charge in [-0.25, -0.2) is 9.59 Å². The van der Waals surface area contributed by atoms with E-state index >= 15 is 0 Å². The Bertz CT molecular complexity index is 869. The van der Waals surface area contributed by atoms with Gasteiger partial charge in [-0.05, 0) is 40.2 Å². The van der Waals surface area contributed by atoms with Crippen LogP contribution < -0.4 is 9.47 Å². The number of aromatic carboxylic acids is 1. The minimum Gasteiger partial charge on any atom is -0.482 e.